The van der Waals surface area contributed by atoms with E-state index < -0.39 is 35.6 Å². The number of hydrogen-bond acceptors (Lipinski definition) is 6. The van der Waals surface area contributed by atoms with Gasteiger partial charge in [-0.05, 0) is 54.1 Å². The first kappa shape index (κ1) is 23.7. The molecule has 1 aliphatic rings. The van der Waals surface area contributed by atoms with Gasteiger partial charge in [0, 0.05) is 11.3 Å². The molecular weight excluding hydrogens is 467 g/mol. The minimum atomic E-state index is -4.89. The van der Waals surface area contributed by atoms with Crippen LogP contribution in [0.15, 0.2) is 78.4 Å². The number of anilines is 1. The molecule has 1 aliphatic heterocycles. The van der Waals surface area contributed by atoms with Crippen LogP contribution in [0.1, 0.15) is 17.2 Å². The van der Waals surface area contributed by atoms with Gasteiger partial charge in [0.15, 0.2) is 0 Å². The van der Waals surface area contributed by atoms with Crippen molar-refractivity contribution < 1.29 is 42.4 Å². The summed E-state index contributed by atoms with van der Waals surface area (Å²) in [5.74, 6) is -2.59. The van der Waals surface area contributed by atoms with Crippen molar-refractivity contribution in [1.29, 1.82) is 0 Å². The smallest absolute Gasteiger partial charge is 0.508 e. The van der Waals surface area contributed by atoms with Crippen molar-refractivity contribution in [2.24, 2.45) is 0 Å². The number of Topliss-reactive ketones (excluding diaryl/α,β-unsaturated/α-hetero) is 1. The maximum absolute atomic E-state index is 13.1. The Kier molecular flexibility index (Phi) is 6.12. The number of nitrogens with zero attached hydrogens (tertiary/aromatic N) is 1. The summed E-state index contributed by atoms with van der Waals surface area (Å²) in [5, 5.41) is 20.8. The molecule has 3 aromatic rings. The zero-order chi connectivity index (χ0) is 25.3. The van der Waals surface area contributed by atoms with Crippen LogP contribution in [0.4, 0.5) is 18.9 Å². The van der Waals surface area contributed by atoms with Crippen LogP contribution in [-0.4, -0.2) is 35.4 Å². The van der Waals surface area contributed by atoms with Gasteiger partial charge in [-0.1, -0.05) is 24.3 Å². The normalized spacial score (nSPS) is 17.5. The summed E-state index contributed by atoms with van der Waals surface area (Å²) < 4.78 is 46.6. The van der Waals surface area contributed by atoms with Crippen molar-refractivity contribution in [3.8, 4) is 17.2 Å². The Morgan fingerprint density at radius 2 is 1.60 bits per heavy atom. The zero-order valence-corrected chi connectivity index (χ0v) is 18.1. The fourth-order valence-corrected chi connectivity index (χ4v) is 3.81. The number of rotatable bonds is 5. The van der Waals surface area contributed by atoms with Gasteiger partial charge in [0.2, 0.25) is 0 Å². The van der Waals surface area contributed by atoms with Crippen LogP contribution in [0, 0.1) is 0 Å². The largest absolute Gasteiger partial charge is 0.573 e. The number of alkyl halides is 3. The Morgan fingerprint density at radius 3 is 2.20 bits per heavy atom. The molecule has 0 spiro atoms. The second-order valence-electron chi connectivity index (χ2n) is 7.53. The number of phenols is 1. The van der Waals surface area contributed by atoms with Crippen LogP contribution < -0.4 is 14.4 Å². The molecule has 1 heterocycles. The van der Waals surface area contributed by atoms with E-state index in [2.05, 4.69) is 4.74 Å². The number of aromatic hydroxyl groups is 1. The van der Waals surface area contributed by atoms with Crippen LogP contribution in [0.3, 0.4) is 0 Å². The average Bonchev–Trinajstić information content (AvgIpc) is 3.09. The Morgan fingerprint density at radius 1 is 0.943 bits per heavy atom. The lowest BCUT2D eigenvalue weighted by Crippen LogP contribution is -2.29. The number of halogens is 3. The van der Waals surface area contributed by atoms with Gasteiger partial charge >= 0.3 is 6.36 Å². The van der Waals surface area contributed by atoms with Crippen molar-refractivity contribution in [2.75, 3.05) is 12.0 Å². The molecule has 0 saturated carbocycles. The topological polar surface area (TPSA) is 96.3 Å². The third kappa shape index (κ3) is 4.77. The number of ketones is 1. The molecule has 2 N–H and O–H groups in total. The quantitative estimate of drug-likeness (QED) is 0.302. The van der Waals surface area contributed by atoms with Crippen molar-refractivity contribution in [1.82, 2.24) is 0 Å². The fraction of sp³-hybridized carbons (Fsp3) is 0.120. The molecule has 1 unspecified atom stereocenters. The van der Waals surface area contributed by atoms with E-state index in [4.69, 9.17) is 4.74 Å². The van der Waals surface area contributed by atoms with Crippen molar-refractivity contribution >= 4 is 23.1 Å². The first-order valence-electron chi connectivity index (χ1n) is 10.2. The molecule has 0 radical (unpaired) electrons. The van der Waals surface area contributed by atoms with Crippen molar-refractivity contribution in [3.63, 3.8) is 0 Å². The molecule has 35 heavy (non-hydrogen) atoms. The molecule has 180 valence electrons. The van der Waals surface area contributed by atoms with Crippen LogP contribution in [0.5, 0.6) is 17.2 Å². The second-order valence-corrected chi connectivity index (χ2v) is 7.53. The number of aliphatic hydroxyl groups is 1. The molecule has 0 aliphatic carbocycles. The lowest BCUT2D eigenvalue weighted by atomic mass is 9.95. The summed E-state index contributed by atoms with van der Waals surface area (Å²) in [6.45, 7) is 0. The lowest BCUT2D eigenvalue weighted by Gasteiger charge is -2.25. The maximum atomic E-state index is 13.1. The van der Waals surface area contributed by atoms with Crippen LogP contribution in [-0.2, 0) is 9.59 Å². The van der Waals surface area contributed by atoms with E-state index in [1.54, 1.807) is 12.1 Å². The molecule has 1 atom stereocenters. The Labute approximate surface area is 197 Å². The van der Waals surface area contributed by atoms with E-state index in [0.29, 0.717) is 11.3 Å². The van der Waals surface area contributed by atoms with Crippen molar-refractivity contribution in [2.45, 2.75) is 12.4 Å². The highest BCUT2D eigenvalue weighted by atomic mass is 19.4. The highest BCUT2D eigenvalue weighted by Gasteiger charge is 2.47. The number of aliphatic hydroxyl groups excluding tert-OH is 1. The summed E-state index contributed by atoms with van der Waals surface area (Å²) in [7, 11) is 1.43. The van der Waals surface area contributed by atoms with Gasteiger partial charge in [-0.3, -0.25) is 14.5 Å². The van der Waals surface area contributed by atoms with Crippen LogP contribution >= 0.6 is 0 Å². The summed E-state index contributed by atoms with van der Waals surface area (Å²) in [4.78, 5) is 27.3. The number of methoxy groups -OCH3 is 1. The van der Waals surface area contributed by atoms with Gasteiger partial charge in [0.25, 0.3) is 11.7 Å². The number of carbonyl (C=O) groups is 2. The molecule has 7 nitrogen and oxygen atoms in total. The van der Waals surface area contributed by atoms with E-state index in [1.165, 1.54) is 55.6 Å². The molecule has 0 aromatic heterocycles. The van der Waals surface area contributed by atoms with Gasteiger partial charge in [-0.2, -0.15) is 0 Å². The van der Waals surface area contributed by atoms with E-state index in [-0.39, 0.29) is 22.6 Å². The highest BCUT2D eigenvalue weighted by molar-refractivity contribution is 6.51. The van der Waals surface area contributed by atoms with Gasteiger partial charge in [-0.15, -0.1) is 13.2 Å². The molecule has 1 amide bonds. The fourth-order valence-electron chi connectivity index (χ4n) is 3.81. The van der Waals surface area contributed by atoms with E-state index in [0.717, 1.165) is 17.0 Å². The third-order valence-electron chi connectivity index (χ3n) is 5.34. The summed E-state index contributed by atoms with van der Waals surface area (Å²) in [6.07, 6.45) is -4.89. The predicted octanol–water partition coefficient (Wildman–Crippen LogP) is 4.93. The minimum Gasteiger partial charge on any atom is -0.508 e. The summed E-state index contributed by atoms with van der Waals surface area (Å²) in [5.41, 5.74) is 0.469. The standard InChI is InChI=1S/C25H18F3NO6/c1-34-19-4-2-3-15(13-19)22(31)20-21(14-5-9-17(30)10-6-14)29(24(33)23(20)32)16-7-11-18(12-8-16)35-25(26,27)28/h2-13,21,30-31H,1H3/b22-20-. The first-order valence-corrected chi connectivity index (χ1v) is 10.2. The first-order chi connectivity index (χ1) is 16.6. The number of benzene rings is 3. The molecular formula is C25H18F3NO6. The monoisotopic (exact) mass is 485 g/mol. The second kappa shape index (κ2) is 9.05. The Hall–Kier alpha value is -4.47. The predicted molar refractivity (Wildman–Crippen MR) is 119 cm³/mol. The number of ether oxygens (including phenoxy) is 2. The lowest BCUT2D eigenvalue weighted by molar-refractivity contribution is -0.274. The summed E-state index contributed by atoms with van der Waals surface area (Å²) in [6, 6.07) is 15.2. The van der Waals surface area contributed by atoms with Crippen molar-refractivity contribution in [3.05, 3.63) is 89.5 Å². The molecule has 10 heteroatoms. The van der Waals surface area contributed by atoms with Gasteiger partial charge < -0.3 is 19.7 Å². The SMILES string of the molecule is COc1cccc(/C(O)=C2/C(=O)C(=O)N(c3ccc(OC(F)(F)F)cc3)C2c2ccc(O)cc2)c1. The van der Waals surface area contributed by atoms with E-state index in [1.807, 2.05) is 0 Å². The average molecular weight is 485 g/mol. The molecule has 3 aromatic carbocycles. The van der Waals surface area contributed by atoms with Crippen LogP contribution in [0.2, 0.25) is 0 Å². The molecule has 1 fully saturated rings. The number of hydrogen-bond donors (Lipinski definition) is 2. The number of phenolic OH excluding ortho intramolecular Hbond substituents is 1. The third-order valence-corrected chi connectivity index (χ3v) is 5.34. The highest BCUT2D eigenvalue weighted by Crippen LogP contribution is 2.43. The number of amides is 1. The number of carbonyl (C=O) groups excluding carboxylic acids is 2. The molecule has 1 saturated heterocycles. The maximum Gasteiger partial charge on any atom is 0.573 e. The minimum absolute atomic E-state index is 0.0628. The van der Waals surface area contributed by atoms with Gasteiger partial charge in [-0.25, -0.2) is 0 Å². The van der Waals surface area contributed by atoms with Gasteiger partial charge in [0.05, 0.1) is 18.7 Å². The van der Waals surface area contributed by atoms with E-state index >= 15 is 0 Å². The Balaban J connectivity index is 1.85. The summed E-state index contributed by atoms with van der Waals surface area (Å²) >= 11 is 0. The molecule has 0 bridgehead atoms. The Bertz CT molecular complexity index is 1300. The molecule has 4 rings (SSSR count). The van der Waals surface area contributed by atoms with Gasteiger partial charge in [0.1, 0.15) is 23.0 Å². The van der Waals surface area contributed by atoms with E-state index in [9.17, 15) is 33.0 Å². The zero-order valence-electron chi connectivity index (χ0n) is 18.1. The van der Waals surface area contributed by atoms with Crippen LogP contribution in [0.25, 0.3) is 5.76 Å².